The van der Waals surface area contributed by atoms with Crippen LogP contribution in [0.25, 0.3) is 0 Å². The summed E-state index contributed by atoms with van der Waals surface area (Å²) in [7, 11) is 0. The van der Waals surface area contributed by atoms with Gasteiger partial charge in [-0.3, -0.25) is 9.59 Å². The van der Waals surface area contributed by atoms with Crippen LogP contribution in [0.4, 0.5) is 5.69 Å². The summed E-state index contributed by atoms with van der Waals surface area (Å²) in [4.78, 5) is 26.2. The zero-order valence-electron chi connectivity index (χ0n) is 15.7. The summed E-state index contributed by atoms with van der Waals surface area (Å²) in [5.41, 5.74) is 2.54. The first-order valence-electron chi connectivity index (χ1n) is 9.39. The quantitative estimate of drug-likeness (QED) is 0.777. The maximum Gasteiger partial charge on any atom is 0.251 e. The molecule has 2 aliphatic rings. The summed E-state index contributed by atoms with van der Waals surface area (Å²) in [6, 6.07) is 10.9. The van der Waals surface area contributed by atoms with Gasteiger partial charge >= 0.3 is 0 Å². The van der Waals surface area contributed by atoms with Crippen LogP contribution in [0.3, 0.4) is 0 Å². The van der Waals surface area contributed by atoms with Gasteiger partial charge in [-0.05, 0) is 42.3 Å². The summed E-state index contributed by atoms with van der Waals surface area (Å²) < 4.78 is 16.2. The standard InChI is InChI=1S/C21H22N2O5/c1-2-20(24)23-9-7-14-11-15(3-5-17(14)23)21(25)22-8-10-26-16-4-6-18-19(12-16)28-13-27-18/h3-6,11-12H,2,7-10,13H2,1H3,(H,22,25). The molecule has 0 unspecified atom stereocenters. The molecule has 2 aromatic carbocycles. The van der Waals surface area contributed by atoms with E-state index in [0.29, 0.717) is 48.9 Å². The molecular weight excluding hydrogens is 360 g/mol. The van der Waals surface area contributed by atoms with Crippen molar-refractivity contribution in [3.05, 3.63) is 47.5 Å². The third kappa shape index (κ3) is 3.60. The number of nitrogens with zero attached hydrogens (tertiary/aromatic N) is 1. The molecule has 2 amide bonds. The molecule has 0 bridgehead atoms. The minimum absolute atomic E-state index is 0.108. The Bertz CT molecular complexity index is 912. The minimum Gasteiger partial charge on any atom is -0.492 e. The number of amides is 2. The molecule has 146 valence electrons. The van der Waals surface area contributed by atoms with Crippen molar-refractivity contribution in [1.29, 1.82) is 0 Å². The van der Waals surface area contributed by atoms with Gasteiger partial charge in [0, 0.05) is 30.3 Å². The van der Waals surface area contributed by atoms with E-state index in [1.807, 2.05) is 19.1 Å². The van der Waals surface area contributed by atoms with E-state index in [2.05, 4.69) is 5.32 Å². The van der Waals surface area contributed by atoms with Gasteiger partial charge < -0.3 is 24.4 Å². The third-order valence-corrected chi connectivity index (χ3v) is 4.84. The van der Waals surface area contributed by atoms with Crippen molar-refractivity contribution in [3.8, 4) is 17.2 Å². The second-order valence-electron chi connectivity index (χ2n) is 6.61. The number of fused-ring (bicyclic) bond motifs is 2. The van der Waals surface area contributed by atoms with Crippen molar-refractivity contribution in [2.45, 2.75) is 19.8 Å². The summed E-state index contributed by atoms with van der Waals surface area (Å²) in [5.74, 6) is 1.98. The molecule has 0 radical (unpaired) electrons. The van der Waals surface area contributed by atoms with E-state index in [9.17, 15) is 9.59 Å². The molecule has 0 aromatic heterocycles. The van der Waals surface area contributed by atoms with Crippen LogP contribution in [0.5, 0.6) is 17.2 Å². The summed E-state index contributed by atoms with van der Waals surface area (Å²) in [6.07, 6.45) is 1.25. The van der Waals surface area contributed by atoms with Crippen molar-refractivity contribution < 1.29 is 23.8 Å². The molecule has 0 fully saturated rings. The highest BCUT2D eigenvalue weighted by Gasteiger charge is 2.24. The lowest BCUT2D eigenvalue weighted by Gasteiger charge is -2.16. The smallest absolute Gasteiger partial charge is 0.251 e. The van der Waals surface area contributed by atoms with Crippen molar-refractivity contribution in [3.63, 3.8) is 0 Å². The lowest BCUT2D eigenvalue weighted by Crippen LogP contribution is -2.28. The average Bonchev–Trinajstić information content (AvgIpc) is 3.36. The van der Waals surface area contributed by atoms with Gasteiger partial charge in [0.15, 0.2) is 11.5 Å². The van der Waals surface area contributed by atoms with Gasteiger partial charge in [0.1, 0.15) is 12.4 Å². The summed E-state index contributed by atoms with van der Waals surface area (Å²) in [6.45, 7) is 3.48. The normalized spacial score (nSPS) is 14.0. The van der Waals surface area contributed by atoms with Crippen LogP contribution in [0.2, 0.25) is 0 Å². The van der Waals surface area contributed by atoms with Crippen LogP contribution in [0, 0.1) is 0 Å². The van der Waals surface area contributed by atoms with E-state index < -0.39 is 0 Å². The largest absolute Gasteiger partial charge is 0.492 e. The second kappa shape index (κ2) is 7.80. The van der Waals surface area contributed by atoms with Crippen molar-refractivity contribution >= 4 is 17.5 Å². The Morgan fingerprint density at radius 2 is 2.00 bits per heavy atom. The molecule has 2 aromatic rings. The van der Waals surface area contributed by atoms with Crippen LogP contribution >= 0.6 is 0 Å². The van der Waals surface area contributed by atoms with Crippen LogP contribution in [-0.2, 0) is 11.2 Å². The minimum atomic E-state index is -0.155. The molecule has 7 nitrogen and oxygen atoms in total. The number of hydrogen-bond donors (Lipinski definition) is 1. The predicted octanol–water partition coefficient (Wildman–Crippen LogP) is 2.52. The van der Waals surface area contributed by atoms with Crippen molar-refractivity contribution in [1.82, 2.24) is 5.32 Å². The van der Waals surface area contributed by atoms with E-state index in [-0.39, 0.29) is 18.6 Å². The van der Waals surface area contributed by atoms with E-state index in [0.717, 1.165) is 17.7 Å². The molecule has 0 spiro atoms. The van der Waals surface area contributed by atoms with Crippen molar-refractivity contribution in [2.24, 2.45) is 0 Å². The fourth-order valence-electron chi connectivity index (χ4n) is 3.40. The van der Waals surface area contributed by atoms with E-state index in [1.165, 1.54) is 0 Å². The maximum absolute atomic E-state index is 12.4. The zero-order valence-corrected chi connectivity index (χ0v) is 15.7. The zero-order chi connectivity index (χ0) is 19.5. The van der Waals surface area contributed by atoms with Crippen LogP contribution in [0.1, 0.15) is 29.3 Å². The SMILES string of the molecule is CCC(=O)N1CCc2cc(C(=O)NCCOc3ccc4c(c3)OCO4)ccc21. The number of anilines is 1. The Hall–Kier alpha value is -3.22. The molecule has 0 atom stereocenters. The molecule has 1 N–H and O–H groups in total. The molecule has 4 rings (SSSR count). The maximum atomic E-state index is 12.4. The Morgan fingerprint density at radius 3 is 2.86 bits per heavy atom. The second-order valence-corrected chi connectivity index (χ2v) is 6.61. The van der Waals surface area contributed by atoms with Gasteiger partial charge in [0.2, 0.25) is 12.7 Å². The first-order valence-corrected chi connectivity index (χ1v) is 9.39. The number of benzene rings is 2. The number of nitrogens with one attached hydrogen (secondary N) is 1. The molecule has 7 heteroatoms. The van der Waals surface area contributed by atoms with Gasteiger partial charge in [-0.2, -0.15) is 0 Å². The highest BCUT2D eigenvalue weighted by molar-refractivity contribution is 5.98. The first-order chi connectivity index (χ1) is 13.7. The Labute approximate surface area is 163 Å². The van der Waals surface area contributed by atoms with Crippen LogP contribution < -0.4 is 24.4 Å². The molecule has 0 saturated heterocycles. The van der Waals surface area contributed by atoms with Crippen molar-refractivity contribution in [2.75, 3.05) is 31.4 Å². The monoisotopic (exact) mass is 382 g/mol. The number of rotatable bonds is 6. The van der Waals surface area contributed by atoms with Gasteiger partial charge in [0.25, 0.3) is 5.91 Å². The fourth-order valence-corrected chi connectivity index (χ4v) is 3.40. The van der Waals surface area contributed by atoms with Gasteiger partial charge in [-0.1, -0.05) is 6.92 Å². The van der Waals surface area contributed by atoms with E-state index >= 15 is 0 Å². The molecule has 2 aliphatic heterocycles. The van der Waals surface area contributed by atoms with Crippen LogP contribution in [-0.4, -0.2) is 38.3 Å². The first kappa shape index (κ1) is 18.2. The number of hydrogen-bond acceptors (Lipinski definition) is 5. The van der Waals surface area contributed by atoms with Gasteiger partial charge in [-0.25, -0.2) is 0 Å². The highest BCUT2D eigenvalue weighted by Crippen LogP contribution is 2.35. The van der Waals surface area contributed by atoms with E-state index in [4.69, 9.17) is 14.2 Å². The predicted molar refractivity (Wildman–Crippen MR) is 103 cm³/mol. The number of carbonyl (C=O) groups excluding carboxylic acids is 2. The Balaban J connectivity index is 1.29. The number of carbonyl (C=O) groups is 2. The summed E-state index contributed by atoms with van der Waals surface area (Å²) >= 11 is 0. The molecular formula is C21H22N2O5. The highest BCUT2D eigenvalue weighted by atomic mass is 16.7. The fraction of sp³-hybridized carbons (Fsp3) is 0.333. The average molecular weight is 382 g/mol. The van der Waals surface area contributed by atoms with Crippen LogP contribution in [0.15, 0.2) is 36.4 Å². The number of ether oxygens (including phenoxy) is 3. The molecule has 2 heterocycles. The lowest BCUT2D eigenvalue weighted by atomic mass is 10.1. The molecule has 28 heavy (non-hydrogen) atoms. The summed E-state index contributed by atoms with van der Waals surface area (Å²) in [5, 5.41) is 2.86. The molecule has 0 aliphatic carbocycles. The lowest BCUT2D eigenvalue weighted by molar-refractivity contribution is -0.118. The Kier molecular flexibility index (Phi) is 5.06. The molecule has 0 saturated carbocycles. The topological polar surface area (TPSA) is 77.1 Å². The van der Waals surface area contributed by atoms with E-state index in [1.54, 1.807) is 29.2 Å². The third-order valence-electron chi connectivity index (χ3n) is 4.84. The Morgan fingerprint density at radius 1 is 1.14 bits per heavy atom. The van der Waals surface area contributed by atoms with Gasteiger partial charge in [-0.15, -0.1) is 0 Å². The van der Waals surface area contributed by atoms with Gasteiger partial charge in [0.05, 0.1) is 6.54 Å².